The summed E-state index contributed by atoms with van der Waals surface area (Å²) >= 11 is 0. The van der Waals surface area contributed by atoms with Gasteiger partial charge in [0.1, 0.15) is 17.3 Å². The number of unbranched alkanes of at least 4 members (excludes halogenated alkanes) is 2. The summed E-state index contributed by atoms with van der Waals surface area (Å²) in [5.74, 6) is 1.73. The number of phenolic OH excluding ortho intramolecular Hbond substituents is 1. The number of ketones is 1. The summed E-state index contributed by atoms with van der Waals surface area (Å²) in [7, 11) is 0. The van der Waals surface area contributed by atoms with E-state index in [4.69, 9.17) is 4.74 Å². The molecular weight excluding hydrogens is 506 g/mol. The molecule has 0 heterocycles. The van der Waals surface area contributed by atoms with E-state index in [1.807, 2.05) is 0 Å². The molecule has 40 heavy (non-hydrogen) atoms. The number of ether oxygens (including phenoxy) is 1. The Morgan fingerprint density at radius 3 is 1.98 bits per heavy atom. The number of halogens is 2. The number of hydrogen-bond acceptors (Lipinski definition) is 3. The summed E-state index contributed by atoms with van der Waals surface area (Å²) < 4.78 is 32.7. The molecule has 3 nitrogen and oxygen atoms in total. The predicted octanol–water partition coefficient (Wildman–Crippen LogP) is 8.98. The fourth-order valence-electron chi connectivity index (χ4n) is 8.28. The predicted molar refractivity (Wildman–Crippen MR) is 153 cm³/mol. The van der Waals surface area contributed by atoms with Crippen LogP contribution in [0.2, 0.25) is 0 Å². The van der Waals surface area contributed by atoms with Crippen molar-refractivity contribution in [3.05, 3.63) is 65.2 Å². The minimum absolute atomic E-state index is 0.147. The number of Topliss-reactive ketones (excluding diaryl/α,β-unsaturated/α-hetero) is 1. The van der Waals surface area contributed by atoms with Crippen LogP contribution in [-0.2, 0) is 4.79 Å². The van der Waals surface area contributed by atoms with Crippen LogP contribution in [0.5, 0.6) is 11.5 Å². The number of carbonyl (C=O) groups is 1. The number of rotatable bonds is 10. The summed E-state index contributed by atoms with van der Waals surface area (Å²) in [6.07, 6.45) is 10.2. The minimum Gasteiger partial charge on any atom is -0.508 e. The summed E-state index contributed by atoms with van der Waals surface area (Å²) in [6.45, 7) is 0.599. The van der Waals surface area contributed by atoms with Crippen molar-refractivity contribution in [1.82, 2.24) is 0 Å². The molecule has 5 heteroatoms. The van der Waals surface area contributed by atoms with Gasteiger partial charge in [0, 0.05) is 25.2 Å². The molecule has 0 aromatic heterocycles. The smallest absolute Gasteiger partial charge is 0.248 e. The second-order valence-electron chi connectivity index (χ2n) is 13.0. The lowest BCUT2D eigenvalue weighted by Crippen LogP contribution is -2.40. The maximum absolute atomic E-state index is 13.3. The number of benzene rings is 2. The van der Waals surface area contributed by atoms with E-state index in [0.717, 1.165) is 36.8 Å². The van der Waals surface area contributed by atoms with Crippen LogP contribution < -0.4 is 4.74 Å². The van der Waals surface area contributed by atoms with Crippen molar-refractivity contribution >= 4 is 11.4 Å². The maximum atomic E-state index is 13.3. The van der Waals surface area contributed by atoms with Crippen molar-refractivity contribution in [2.75, 3.05) is 6.61 Å². The maximum Gasteiger partial charge on any atom is 0.248 e. The molecule has 5 aliphatic rings. The molecule has 0 atom stereocenters. The topological polar surface area (TPSA) is 46.5 Å². The standard InChI is InChI=1S/C35H42F2O3/c36-35(37)15-13-25(14-16-35)32(39)4-2-1-3-17-40-31-11-7-27(8-12-31)33(26-5-9-30(38)10-6-26)34-28-19-23-18-24(21-28)22-29(34)20-23/h5-12,23-25,28-29,38H,1-4,13-22H2. The van der Waals surface area contributed by atoms with Crippen LogP contribution in [0.3, 0.4) is 0 Å². The second kappa shape index (κ2) is 11.7. The number of phenols is 1. The zero-order chi connectivity index (χ0) is 27.7. The zero-order valence-electron chi connectivity index (χ0n) is 23.4. The van der Waals surface area contributed by atoms with E-state index in [1.54, 1.807) is 17.7 Å². The third-order valence-electron chi connectivity index (χ3n) is 10.1. The lowest BCUT2D eigenvalue weighted by Gasteiger charge is -2.52. The van der Waals surface area contributed by atoms with Crippen LogP contribution in [0.4, 0.5) is 8.78 Å². The molecule has 7 rings (SSSR count). The molecule has 5 fully saturated rings. The number of alkyl halides is 2. The van der Waals surface area contributed by atoms with Gasteiger partial charge in [-0.25, -0.2) is 8.78 Å². The first-order valence-electron chi connectivity index (χ1n) is 15.5. The fourth-order valence-corrected chi connectivity index (χ4v) is 8.28. The molecule has 0 amide bonds. The molecule has 1 N–H and O–H groups in total. The molecule has 0 aliphatic heterocycles. The van der Waals surface area contributed by atoms with E-state index in [-0.39, 0.29) is 24.5 Å². The average Bonchev–Trinajstić information content (AvgIpc) is 2.93. The molecule has 214 valence electrons. The Morgan fingerprint density at radius 2 is 1.38 bits per heavy atom. The van der Waals surface area contributed by atoms with E-state index < -0.39 is 5.92 Å². The number of hydrogen-bond donors (Lipinski definition) is 1. The zero-order valence-corrected chi connectivity index (χ0v) is 23.4. The van der Waals surface area contributed by atoms with Crippen LogP contribution in [0.15, 0.2) is 54.1 Å². The molecule has 2 aromatic carbocycles. The van der Waals surface area contributed by atoms with Crippen LogP contribution in [0.1, 0.15) is 94.6 Å². The molecule has 5 aliphatic carbocycles. The van der Waals surface area contributed by atoms with Gasteiger partial charge in [-0.1, -0.05) is 29.8 Å². The SMILES string of the molecule is O=C(CCCCCOc1ccc(C(=C2C3CC4CC(C3)CC2C4)c2ccc(O)cc2)cc1)C1CCC(F)(F)CC1. The summed E-state index contributed by atoms with van der Waals surface area (Å²) in [5, 5.41) is 9.92. The molecule has 2 aromatic rings. The van der Waals surface area contributed by atoms with E-state index in [2.05, 4.69) is 36.4 Å². The van der Waals surface area contributed by atoms with Crippen molar-refractivity contribution in [1.29, 1.82) is 0 Å². The second-order valence-corrected chi connectivity index (χ2v) is 13.0. The summed E-state index contributed by atoms with van der Waals surface area (Å²) in [5.41, 5.74) is 5.40. The number of aromatic hydroxyl groups is 1. The Morgan fingerprint density at radius 1 is 0.800 bits per heavy atom. The normalized spacial score (nSPS) is 27.1. The quantitative estimate of drug-likeness (QED) is 0.301. The Hall–Kier alpha value is -2.69. The Balaban J connectivity index is 1.04. The monoisotopic (exact) mass is 548 g/mol. The van der Waals surface area contributed by atoms with Crippen LogP contribution in [0.25, 0.3) is 5.57 Å². The van der Waals surface area contributed by atoms with E-state index >= 15 is 0 Å². The molecule has 5 saturated carbocycles. The van der Waals surface area contributed by atoms with Crippen molar-refractivity contribution in [2.45, 2.75) is 89.4 Å². The highest BCUT2D eigenvalue weighted by atomic mass is 19.3. The largest absolute Gasteiger partial charge is 0.508 e. The van der Waals surface area contributed by atoms with Crippen LogP contribution in [0, 0.1) is 29.6 Å². The highest BCUT2D eigenvalue weighted by Gasteiger charge is 2.46. The summed E-state index contributed by atoms with van der Waals surface area (Å²) in [4.78, 5) is 12.4. The van der Waals surface area contributed by atoms with Crippen molar-refractivity contribution in [3.8, 4) is 11.5 Å². The molecule has 0 spiro atoms. The van der Waals surface area contributed by atoms with Gasteiger partial charge in [-0.05, 0) is 129 Å². The van der Waals surface area contributed by atoms with Gasteiger partial charge >= 0.3 is 0 Å². The Bertz CT molecular complexity index is 1170. The van der Waals surface area contributed by atoms with Crippen molar-refractivity contribution in [2.24, 2.45) is 29.6 Å². The van der Waals surface area contributed by atoms with Gasteiger partial charge in [-0.15, -0.1) is 0 Å². The van der Waals surface area contributed by atoms with Gasteiger partial charge in [0.15, 0.2) is 0 Å². The fraction of sp³-hybridized carbons (Fsp3) is 0.571. The highest BCUT2D eigenvalue weighted by molar-refractivity contribution is 5.83. The molecule has 0 unspecified atom stereocenters. The molecule has 4 bridgehead atoms. The van der Waals surface area contributed by atoms with E-state index in [1.165, 1.54) is 48.8 Å². The van der Waals surface area contributed by atoms with Gasteiger partial charge in [0.2, 0.25) is 5.92 Å². The van der Waals surface area contributed by atoms with Crippen LogP contribution in [-0.4, -0.2) is 23.4 Å². The van der Waals surface area contributed by atoms with Gasteiger partial charge in [-0.3, -0.25) is 4.79 Å². The first kappa shape index (κ1) is 27.5. The Kier molecular flexibility index (Phi) is 8.01. The third-order valence-corrected chi connectivity index (χ3v) is 10.1. The average molecular weight is 549 g/mol. The van der Waals surface area contributed by atoms with Gasteiger partial charge in [0.25, 0.3) is 0 Å². The number of allylic oxidation sites excluding steroid dienone is 1. The lowest BCUT2D eigenvalue weighted by atomic mass is 9.53. The molecular formula is C35H42F2O3. The first-order valence-corrected chi connectivity index (χ1v) is 15.5. The van der Waals surface area contributed by atoms with Crippen molar-refractivity contribution in [3.63, 3.8) is 0 Å². The molecule has 0 saturated heterocycles. The third kappa shape index (κ3) is 6.14. The highest BCUT2D eigenvalue weighted by Crippen LogP contribution is 2.58. The first-order chi connectivity index (χ1) is 19.3. The van der Waals surface area contributed by atoms with Gasteiger partial charge in [-0.2, -0.15) is 0 Å². The Labute approximate surface area is 237 Å². The summed E-state index contributed by atoms with van der Waals surface area (Å²) in [6, 6.07) is 16.2. The van der Waals surface area contributed by atoms with Gasteiger partial charge < -0.3 is 9.84 Å². The van der Waals surface area contributed by atoms with E-state index in [9.17, 15) is 18.7 Å². The molecule has 0 radical (unpaired) electrons. The van der Waals surface area contributed by atoms with Gasteiger partial charge in [0.05, 0.1) is 6.61 Å². The van der Waals surface area contributed by atoms with E-state index in [0.29, 0.717) is 43.5 Å². The lowest BCUT2D eigenvalue weighted by molar-refractivity contribution is -0.127. The number of carbonyl (C=O) groups excluding carboxylic acids is 1. The minimum atomic E-state index is -2.58. The van der Waals surface area contributed by atoms with Crippen molar-refractivity contribution < 1.29 is 23.4 Å². The van der Waals surface area contributed by atoms with Crippen LogP contribution >= 0.6 is 0 Å².